The molecule has 1 aliphatic heterocycles. The number of ether oxygens (including phenoxy) is 2. The summed E-state index contributed by atoms with van der Waals surface area (Å²) in [7, 11) is 0. The van der Waals surface area contributed by atoms with Crippen molar-refractivity contribution in [2.45, 2.75) is 33.5 Å². The quantitative estimate of drug-likeness (QED) is 0.681. The van der Waals surface area contributed by atoms with Gasteiger partial charge in [0.25, 0.3) is 0 Å². The molecule has 4 rings (SSSR count). The second-order valence-corrected chi connectivity index (χ2v) is 6.08. The summed E-state index contributed by atoms with van der Waals surface area (Å²) in [6.45, 7) is 5.89. The van der Waals surface area contributed by atoms with E-state index in [1.54, 1.807) is 0 Å². The molecule has 3 aromatic rings. The molecule has 25 heavy (non-hydrogen) atoms. The molecule has 0 unspecified atom stereocenters. The SMILES string of the molecule is Cc1noc(CN(Cc2ccc3c(c2)OCO3)Cc2ccc(C)o2)n1. The largest absolute Gasteiger partial charge is 0.465 e. The molecule has 1 aromatic carbocycles. The predicted octanol–water partition coefficient (Wildman–Crippen LogP) is 3.21. The van der Waals surface area contributed by atoms with E-state index in [0.29, 0.717) is 31.3 Å². The van der Waals surface area contributed by atoms with Crippen LogP contribution in [0.3, 0.4) is 0 Å². The summed E-state index contributed by atoms with van der Waals surface area (Å²) in [6, 6.07) is 9.92. The van der Waals surface area contributed by atoms with Crippen molar-refractivity contribution in [3.8, 4) is 11.5 Å². The van der Waals surface area contributed by atoms with E-state index in [1.807, 2.05) is 44.2 Å². The van der Waals surface area contributed by atoms with Crippen molar-refractivity contribution in [3.05, 3.63) is 59.1 Å². The van der Waals surface area contributed by atoms with Crippen LogP contribution in [0.25, 0.3) is 0 Å². The molecule has 0 aliphatic carbocycles. The fourth-order valence-electron chi connectivity index (χ4n) is 2.85. The average molecular weight is 341 g/mol. The zero-order valence-electron chi connectivity index (χ0n) is 14.2. The van der Waals surface area contributed by atoms with Gasteiger partial charge in [-0.25, -0.2) is 0 Å². The van der Waals surface area contributed by atoms with Crippen LogP contribution in [0.5, 0.6) is 11.5 Å². The van der Waals surface area contributed by atoms with Gasteiger partial charge in [-0.15, -0.1) is 0 Å². The Bertz CT molecular complexity index is 829. The van der Waals surface area contributed by atoms with Gasteiger partial charge in [-0.1, -0.05) is 11.2 Å². The molecule has 0 N–H and O–H groups in total. The molecule has 0 spiro atoms. The number of benzene rings is 1. The highest BCUT2D eigenvalue weighted by atomic mass is 16.7. The van der Waals surface area contributed by atoms with E-state index in [9.17, 15) is 0 Å². The molecule has 0 bridgehead atoms. The Balaban J connectivity index is 1.53. The van der Waals surface area contributed by atoms with E-state index in [2.05, 4.69) is 15.0 Å². The first-order valence-corrected chi connectivity index (χ1v) is 8.11. The van der Waals surface area contributed by atoms with E-state index in [1.165, 1.54) is 0 Å². The van der Waals surface area contributed by atoms with Crippen LogP contribution in [0.2, 0.25) is 0 Å². The van der Waals surface area contributed by atoms with E-state index in [0.717, 1.165) is 28.6 Å². The first-order chi connectivity index (χ1) is 12.2. The van der Waals surface area contributed by atoms with Crippen molar-refractivity contribution in [1.29, 1.82) is 0 Å². The molecule has 0 radical (unpaired) electrons. The summed E-state index contributed by atoms with van der Waals surface area (Å²) in [4.78, 5) is 6.49. The van der Waals surface area contributed by atoms with Crippen LogP contribution in [0.15, 0.2) is 39.3 Å². The molecule has 130 valence electrons. The Morgan fingerprint density at radius 1 is 1.00 bits per heavy atom. The molecule has 1 aliphatic rings. The van der Waals surface area contributed by atoms with Gasteiger partial charge in [0.1, 0.15) is 11.5 Å². The number of aromatic nitrogens is 2. The third-order valence-electron chi connectivity index (χ3n) is 3.95. The number of furan rings is 1. The molecule has 0 fully saturated rings. The van der Waals surface area contributed by atoms with Gasteiger partial charge in [0.15, 0.2) is 17.3 Å². The van der Waals surface area contributed by atoms with Gasteiger partial charge in [-0.3, -0.25) is 4.90 Å². The zero-order chi connectivity index (χ0) is 17.2. The van der Waals surface area contributed by atoms with E-state index >= 15 is 0 Å². The summed E-state index contributed by atoms with van der Waals surface area (Å²) in [5.74, 6) is 4.57. The van der Waals surface area contributed by atoms with Gasteiger partial charge in [0.2, 0.25) is 12.7 Å². The topological polar surface area (TPSA) is 73.8 Å². The van der Waals surface area contributed by atoms with Crippen LogP contribution in [0.4, 0.5) is 0 Å². The van der Waals surface area contributed by atoms with Crippen LogP contribution >= 0.6 is 0 Å². The molecule has 0 amide bonds. The minimum absolute atomic E-state index is 0.273. The lowest BCUT2D eigenvalue weighted by molar-refractivity contribution is 0.173. The van der Waals surface area contributed by atoms with Crippen molar-refractivity contribution in [2.24, 2.45) is 0 Å². The highest BCUT2D eigenvalue weighted by Crippen LogP contribution is 2.33. The number of hydrogen-bond acceptors (Lipinski definition) is 7. The maximum atomic E-state index is 5.72. The van der Waals surface area contributed by atoms with Crippen molar-refractivity contribution >= 4 is 0 Å². The van der Waals surface area contributed by atoms with Gasteiger partial charge in [-0.2, -0.15) is 4.98 Å². The number of nitrogens with zero attached hydrogens (tertiary/aromatic N) is 3. The molecular weight excluding hydrogens is 322 g/mol. The summed E-state index contributed by atoms with van der Waals surface area (Å²) < 4.78 is 21.8. The Morgan fingerprint density at radius 3 is 2.64 bits per heavy atom. The van der Waals surface area contributed by atoms with Crippen LogP contribution in [-0.4, -0.2) is 21.8 Å². The van der Waals surface area contributed by atoms with Crippen LogP contribution in [-0.2, 0) is 19.6 Å². The third kappa shape index (κ3) is 3.66. The minimum Gasteiger partial charge on any atom is -0.465 e. The second kappa shape index (κ2) is 6.60. The standard InChI is InChI=1S/C18H19N3O4/c1-12-3-5-15(24-12)9-21(10-18-19-13(2)20-25-18)8-14-4-6-16-17(7-14)23-11-22-16/h3-7H,8-11H2,1-2H3. The van der Waals surface area contributed by atoms with Crippen LogP contribution < -0.4 is 9.47 Å². The monoisotopic (exact) mass is 341 g/mol. The van der Waals surface area contributed by atoms with Crippen molar-refractivity contribution in [2.75, 3.05) is 6.79 Å². The zero-order valence-corrected chi connectivity index (χ0v) is 14.2. The lowest BCUT2D eigenvalue weighted by Crippen LogP contribution is -2.22. The van der Waals surface area contributed by atoms with Crippen molar-refractivity contribution < 1.29 is 18.4 Å². The molecule has 2 aromatic heterocycles. The van der Waals surface area contributed by atoms with Crippen molar-refractivity contribution in [1.82, 2.24) is 15.0 Å². The van der Waals surface area contributed by atoms with Gasteiger partial charge in [-0.05, 0) is 43.7 Å². The average Bonchev–Trinajstić information content (AvgIpc) is 3.29. The van der Waals surface area contributed by atoms with Crippen LogP contribution in [0, 0.1) is 13.8 Å². The third-order valence-corrected chi connectivity index (χ3v) is 3.95. The predicted molar refractivity (Wildman–Crippen MR) is 88.0 cm³/mol. The maximum absolute atomic E-state index is 5.72. The molecular formula is C18H19N3O4. The number of hydrogen-bond donors (Lipinski definition) is 0. The number of aryl methyl sites for hydroxylation is 2. The Morgan fingerprint density at radius 2 is 1.88 bits per heavy atom. The second-order valence-electron chi connectivity index (χ2n) is 6.08. The molecule has 0 atom stereocenters. The fraction of sp³-hybridized carbons (Fsp3) is 0.333. The summed E-state index contributed by atoms with van der Waals surface area (Å²) >= 11 is 0. The summed E-state index contributed by atoms with van der Waals surface area (Å²) in [5, 5.41) is 3.86. The first kappa shape index (κ1) is 15.7. The molecule has 0 saturated carbocycles. The highest BCUT2D eigenvalue weighted by molar-refractivity contribution is 5.44. The summed E-state index contributed by atoms with van der Waals surface area (Å²) in [5.41, 5.74) is 1.11. The Kier molecular flexibility index (Phi) is 4.15. The molecule has 0 saturated heterocycles. The van der Waals surface area contributed by atoms with Gasteiger partial charge in [0, 0.05) is 6.54 Å². The Hall–Kier alpha value is -2.80. The number of fused-ring (bicyclic) bond motifs is 1. The minimum atomic E-state index is 0.273. The van der Waals surface area contributed by atoms with E-state index in [-0.39, 0.29) is 6.79 Å². The lowest BCUT2D eigenvalue weighted by atomic mass is 10.2. The normalized spacial score (nSPS) is 12.9. The van der Waals surface area contributed by atoms with E-state index < -0.39 is 0 Å². The maximum Gasteiger partial charge on any atom is 0.240 e. The van der Waals surface area contributed by atoms with Gasteiger partial charge >= 0.3 is 0 Å². The first-order valence-electron chi connectivity index (χ1n) is 8.11. The smallest absolute Gasteiger partial charge is 0.240 e. The summed E-state index contributed by atoms with van der Waals surface area (Å²) in [6.07, 6.45) is 0. The van der Waals surface area contributed by atoms with Crippen molar-refractivity contribution in [3.63, 3.8) is 0 Å². The van der Waals surface area contributed by atoms with Gasteiger partial charge < -0.3 is 18.4 Å². The number of rotatable bonds is 6. The molecule has 7 nitrogen and oxygen atoms in total. The fourth-order valence-corrected chi connectivity index (χ4v) is 2.85. The Labute approximate surface area is 145 Å². The van der Waals surface area contributed by atoms with Gasteiger partial charge in [0.05, 0.1) is 13.1 Å². The molecule has 7 heteroatoms. The lowest BCUT2D eigenvalue weighted by Gasteiger charge is -2.19. The highest BCUT2D eigenvalue weighted by Gasteiger charge is 2.17. The molecule has 3 heterocycles. The van der Waals surface area contributed by atoms with Crippen LogP contribution in [0.1, 0.15) is 28.8 Å². The van der Waals surface area contributed by atoms with E-state index in [4.69, 9.17) is 18.4 Å².